The van der Waals surface area contributed by atoms with Crippen molar-refractivity contribution in [2.24, 2.45) is 5.92 Å². The summed E-state index contributed by atoms with van der Waals surface area (Å²) in [6.45, 7) is 4.83. The first kappa shape index (κ1) is 16.4. The molecular weight excluding hydrogens is 318 g/mol. The lowest BCUT2D eigenvalue weighted by atomic mass is 9.80. The lowest BCUT2D eigenvalue weighted by Gasteiger charge is -2.29. The molecule has 0 radical (unpaired) electrons. The molecule has 1 saturated carbocycles. The SMILES string of the molecule is CC(=O)C1CCC(c2nc3cc(N4CCOCC4)c(N)cc3o2)CC1. The molecule has 6 heteroatoms. The van der Waals surface area contributed by atoms with Gasteiger partial charge >= 0.3 is 0 Å². The Labute approximate surface area is 147 Å². The summed E-state index contributed by atoms with van der Waals surface area (Å²) in [6, 6.07) is 3.92. The number of Topliss-reactive ketones (excluding diaryl/α,β-unsaturated/α-hetero) is 1. The first-order valence-electron chi connectivity index (χ1n) is 9.15. The first-order valence-corrected chi connectivity index (χ1v) is 9.15. The maximum absolute atomic E-state index is 11.5. The minimum atomic E-state index is 0.212. The summed E-state index contributed by atoms with van der Waals surface area (Å²) < 4.78 is 11.4. The van der Waals surface area contributed by atoms with Crippen LogP contribution in [0.2, 0.25) is 0 Å². The van der Waals surface area contributed by atoms with E-state index in [-0.39, 0.29) is 5.92 Å². The summed E-state index contributed by atoms with van der Waals surface area (Å²) in [4.78, 5) is 18.5. The van der Waals surface area contributed by atoms with Crippen molar-refractivity contribution < 1.29 is 13.9 Å². The highest BCUT2D eigenvalue weighted by Gasteiger charge is 2.28. The van der Waals surface area contributed by atoms with Gasteiger partial charge in [0.1, 0.15) is 11.3 Å². The highest BCUT2D eigenvalue weighted by atomic mass is 16.5. The lowest BCUT2D eigenvalue weighted by Crippen LogP contribution is -2.36. The number of hydrogen-bond acceptors (Lipinski definition) is 6. The maximum atomic E-state index is 11.5. The molecule has 0 atom stereocenters. The molecule has 2 aliphatic rings. The van der Waals surface area contributed by atoms with Gasteiger partial charge in [-0.05, 0) is 38.7 Å². The van der Waals surface area contributed by atoms with E-state index < -0.39 is 0 Å². The molecule has 0 amide bonds. The number of rotatable bonds is 3. The smallest absolute Gasteiger partial charge is 0.198 e. The van der Waals surface area contributed by atoms with Crippen molar-refractivity contribution in [1.29, 1.82) is 0 Å². The third-order valence-electron chi connectivity index (χ3n) is 5.56. The molecule has 1 aliphatic heterocycles. The fourth-order valence-electron chi connectivity index (χ4n) is 4.00. The molecule has 0 bridgehead atoms. The van der Waals surface area contributed by atoms with E-state index in [1.165, 1.54) is 0 Å². The van der Waals surface area contributed by atoms with Crippen molar-refractivity contribution in [3.05, 3.63) is 18.0 Å². The Morgan fingerprint density at radius 3 is 2.60 bits per heavy atom. The van der Waals surface area contributed by atoms with E-state index in [1.54, 1.807) is 6.92 Å². The third kappa shape index (κ3) is 3.23. The van der Waals surface area contributed by atoms with Gasteiger partial charge < -0.3 is 19.8 Å². The number of carbonyl (C=O) groups is 1. The topological polar surface area (TPSA) is 81.6 Å². The number of nitrogens with zero attached hydrogens (tertiary/aromatic N) is 2. The number of benzene rings is 1. The summed E-state index contributed by atoms with van der Waals surface area (Å²) in [5, 5.41) is 0. The Morgan fingerprint density at radius 2 is 1.92 bits per heavy atom. The molecule has 2 fully saturated rings. The van der Waals surface area contributed by atoms with Crippen LogP contribution in [-0.4, -0.2) is 37.1 Å². The number of ether oxygens (including phenoxy) is 1. The molecule has 2 N–H and O–H groups in total. The maximum Gasteiger partial charge on any atom is 0.198 e. The second-order valence-electron chi connectivity index (χ2n) is 7.19. The fraction of sp³-hybridized carbons (Fsp3) is 0.579. The van der Waals surface area contributed by atoms with Crippen LogP contribution < -0.4 is 10.6 Å². The minimum absolute atomic E-state index is 0.212. The van der Waals surface area contributed by atoms with E-state index in [1.807, 2.05) is 12.1 Å². The van der Waals surface area contributed by atoms with E-state index >= 15 is 0 Å². The number of nitrogens with two attached hydrogens (primary N) is 1. The fourth-order valence-corrected chi connectivity index (χ4v) is 4.00. The molecule has 4 rings (SSSR count). The Bertz CT molecular complexity index is 772. The van der Waals surface area contributed by atoms with Gasteiger partial charge in [0.25, 0.3) is 0 Å². The van der Waals surface area contributed by atoms with Gasteiger partial charge in [-0.3, -0.25) is 4.79 Å². The van der Waals surface area contributed by atoms with Gasteiger partial charge in [0.15, 0.2) is 11.5 Å². The number of morpholine rings is 1. The molecule has 0 spiro atoms. The molecule has 25 heavy (non-hydrogen) atoms. The summed E-state index contributed by atoms with van der Waals surface area (Å²) in [5.41, 5.74) is 9.59. The Morgan fingerprint density at radius 1 is 1.20 bits per heavy atom. The standard InChI is InChI=1S/C19H25N3O3/c1-12(23)13-2-4-14(5-3-13)19-21-16-11-17(15(20)10-18(16)25-19)22-6-8-24-9-7-22/h10-11,13-14H,2-9,20H2,1H3. The quantitative estimate of drug-likeness (QED) is 0.863. The van der Waals surface area contributed by atoms with Crippen LogP contribution in [0.1, 0.15) is 44.4 Å². The van der Waals surface area contributed by atoms with Gasteiger partial charge in [-0.2, -0.15) is 0 Å². The monoisotopic (exact) mass is 343 g/mol. The Hall–Kier alpha value is -2.08. The summed E-state index contributed by atoms with van der Waals surface area (Å²) in [5.74, 6) is 1.61. The zero-order chi connectivity index (χ0) is 17.4. The number of hydrogen-bond donors (Lipinski definition) is 1. The summed E-state index contributed by atoms with van der Waals surface area (Å²) in [7, 11) is 0. The van der Waals surface area contributed by atoms with Crippen molar-refractivity contribution in [3.63, 3.8) is 0 Å². The van der Waals surface area contributed by atoms with Crippen LogP contribution in [0, 0.1) is 5.92 Å². The van der Waals surface area contributed by atoms with E-state index in [4.69, 9.17) is 19.9 Å². The zero-order valence-corrected chi connectivity index (χ0v) is 14.7. The number of fused-ring (bicyclic) bond motifs is 1. The lowest BCUT2D eigenvalue weighted by molar-refractivity contribution is -0.121. The van der Waals surface area contributed by atoms with Crippen LogP contribution in [0.3, 0.4) is 0 Å². The molecule has 1 aromatic heterocycles. The van der Waals surface area contributed by atoms with E-state index in [0.29, 0.717) is 11.7 Å². The van der Waals surface area contributed by atoms with Crippen LogP contribution in [0.5, 0.6) is 0 Å². The number of oxazole rings is 1. The second-order valence-corrected chi connectivity index (χ2v) is 7.19. The van der Waals surface area contributed by atoms with Crippen LogP contribution in [0.4, 0.5) is 11.4 Å². The predicted molar refractivity (Wildman–Crippen MR) is 96.8 cm³/mol. The molecule has 134 valence electrons. The molecule has 6 nitrogen and oxygen atoms in total. The van der Waals surface area contributed by atoms with E-state index in [2.05, 4.69) is 4.90 Å². The van der Waals surface area contributed by atoms with Gasteiger partial charge in [0.05, 0.1) is 24.6 Å². The molecule has 2 aromatic rings. The van der Waals surface area contributed by atoms with Gasteiger partial charge in [-0.15, -0.1) is 0 Å². The van der Waals surface area contributed by atoms with Crippen molar-refractivity contribution in [1.82, 2.24) is 4.98 Å². The molecule has 1 saturated heterocycles. The van der Waals surface area contributed by atoms with Crippen LogP contribution in [0.25, 0.3) is 11.1 Å². The normalized spacial score (nSPS) is 24.6. The van der Waals surface area contributed by atoms with Crippen molar-refractivity contribution >= 4 is 28.3 Å². The summed E-state index contributed by atoms with van der Waals surface area (Å²) in [6.07, 6.45) is 3.78. The van der Waals surface area contributed by atoms with Gasteiger partial charge in [-0.25, -0.2) is 4.98 Å². The average Bonchev–Trinajstić information content (AvgIpc) is 3.04. The summed E-state index contributed by atoms with van der Waals surface area (Å²) >= 11 is 0. The van der Waals surface area contributed by atoms with E-state index in [9.17, 15) is 4.79 Å². The highest BCUT2D eigenvalue weighted by Crippen LogP contribution is 2.38. The van der Waals surface area contributed by atoms with E-state index in [0.717, 1.165) is 80.4 Å². The number of anilines is 2. The van der Waals surface area contributed by atoms with Gasteiger partial charge in [0, 0.05) is 31.0 Å². The van der Waals surface area contributed by atoms with Gasteiger partial charge in [-0.1, -0.05) is 0 Å². The van der Waals surface area contributed by atoms with Crippen molar-refractivity contribution in [3.8, 4) is 0 Å². The predicted octanol–water partition coefficient (Wildman–Crippen LogP) is 3.11. The number of carbonyl (C=O) groups excluding carboxylic acids is 1. The van der Waals surface area contributed by atoms with Crippen molar-refractivity contribution in [2.75, 3.05) is 36.9 Å². The van der Waals surface area contributed by atoms with Gasteiger partial charge in [0.2, 0.25) is 0 Å². The molecule has 0 unspecified atom stereocenters. The molecule has 1 aliphatic carbocycles. The zero-order valence-electron chi connectivity index (χ0n) is 14.7. The Balaban J connectivity index is 1.57. The van der Waals surface area contributed by atoms with Crippen LogP contribution in [0.15, 0.2) is 16.5 Å². The third-order valence-corrected chi connectivity index (χ3v) is 5.56. The number of aromatic nitrogens is 1. The van der Waals surface area contributed by atoms with Crippen molar-refractivity contribution in [2.45, 2.75) is 38.5 Å². The molecular formula is C19H25N3O3. The first-order chi connectivity index (χ1) is 12.1. The number of ketones is 1. The number of nitrogen functional groups attached to an aromatic ring is 1. The largest absolute Gasteiger partial charge is 0.440 e. The molecule has 1 aromatic carbocycles. The Kier molecular flexibility index (Phi) is 4.37. The highest BCUT2D eigenvalue weighted by molar-refractivity contribution is 5.86. The average molecular weight is 343 g/mol. The second kappa shape index (κ2) is 6.67. The molecule has 2 heterocycles. The van der Waals surface area contributed by atoms with Crippen LogP contribution in [-0.2, 0) is 9.53 Å². The minimum Gasteiger partial charge on any atom is -0.440 e. The van der Waals surface area contributed by atoms with Crippen LogP contribution >= 0.6 is 0 Å².